The minimum Gasteiger partial charge on any atom is -0.467 e. The molecule has 1 unspecified atom stereocenters. The zero-order valence-corrected chi connectivity index (χ0v) is 16.9. The number of alkyl halides is 1. The van der Waals surface area contributed by atoms with E-state index in [-0.39, 0.29) is 5.97 Å². The van der Waals surface area contributed by atoms with E-state index in [1.807, 2.05) is 18.7 Å². The molecule has 1 aliphatic carbocycles. The maximum absolute atomic E-state index is 13.1. The maximum atomic E-state index is 13.1. The van der Waals surface area contributed by atoms with Crippen LogP contribution in [0.1, 0.15) is 39.5 Å². The number of esters is 1. The molecule has 2 fully saturated rings. The summed E-state index contributed by atoms with van der Waals surface area (Å²) >= 11 is 0. The molecule has 0 aromatic heterocycles. The first-order chi connectivity index (χ1) is 12.8. The number of hydrogen-bond acceptors (Lipinski definition) is 6. The molecular formula is C20H32FN3O3. The van der Waals surface area contributed by atoms with Crippen LogP contribution in [0.4, 0.5) is 4.39 Å². The molecule has 0 bridgehead atoms. The van der Waals surface area contributed by atoms with E-state index in [0.29, 0.717) is 44.3 Å². The highest BCUT2D eigenvalue weighted by Crippen LogP contribution is 2.38. The third kappa shape index (κ3) is 6.41. The largest absolute Gasteiger partial charge is 0.467 e. The summed E-state index contributed by atoms with van der Waals surface area (Å²) in [6.07, 6.45) is 5.01. The SMILES string of the molecule is COC(=O)C(CC(C)C)N(C)/N=C(CCN1CC(F)C1)\C(=C/C=O)C1CC1. The lowest BCUT2D eigenvalue weighted by molar-refractivity contribution is -0.147. The van der Waals surface area contributed by atoms with Crippen molar-refractivity contribution in [2.75, 3.05) is 33.8 Å². The van der Waals surface area contributed by atoms with Gasteiger partial charge < -0.3 is 4.74 Å². The van der Waals surface area contributed by atoms with Gasteiger partial charge in [-0.25, -0.2) is 9.18 Å². The third-order valence-electron chi connectivity index (χ3n) is 5.07. The van der Waals surface area contributed by atoms with E-state index in [9.17, 15) is 14.0 Å². The van der Waals surface area contributed by atoms with Crippen LogP contribution in [0.15, 0.2) is 16.8 Å². The number of hydrazone groups is 1. The second kappa shape index (κ2) is 9.97. The number of methoxy groups -OCH3 is 1. The highest BCUT2D eigenvalue weighted by Gasteiger charge is 2.32. The van der Waals surface area contributed by atoms with E-state index in [1.165, 1.54) is 7.11 Å². The molecule has 0 amide bonds. The van der Waals surface area contributed by atoms with E-state index in [1.54, 1.807) is 18.1 Å². The predicted molar refractivity (Wildman–Crippen MR) is 103 cm³/mol. The van der Waals surface area contributed by atoms with Crippen LogP contribution in [0.5, 0.6) is 0 Å². The van der Waals surface area contributed by atoms with Crippen molar-refractivity contribution in [3.63, 3.8) is 0 Å². The summed E-state index contributed by atoms with van der Waals surface area (Å²) in [4.78, 5) is 25.4. The number of nitrogens with zero attached hydrogens (tertiary/aromatic N) is 3. The molecule has 1 atom stereocenters. The van der Waals surface area contributed by atoms with Crippen LogP contribution in [0.25, 0.3) is 0 Å². The highest BCUT2D eigenvalue weighted by atomic mass is 19.1. The first kappa shape index (κ1) is 21.5. The second-order valence-corrected chi connectivity index (χ2v) is 7.93. The normalized spacial score (nSPS) is 20.4. The minimum absolute atomic E-state index is 0.311. The topological polar surface area (TPSA) is 62.2 Å². The Hall–Kier alpha value is -1.76. The zero-order chi connectivity index (χ0) is 20.0. The number of halogens is 1. The standard InChI is InChI=1S/C20H32FN3O3/c1-14(2)11-19(20(26)27-4)23(3)22-18(7-9-24-12-16(21)13-24)17(8-10-25)15-5-6-15/h8,10,14-16,19H,5-7,9,11-13H2,1-4H3/b17-8-,22-18-. The Labute approximate surface area is 161 Å². The summed E-state index contributed by atoms with van der Waals surface area (Å²) < 4.78 is 18.0. The molecule has 6 nitrogen and oxygen atoms in total. The van der Waals surface area contributed by atoms with Gasteiger partial charge in [0.15, 0.2) is 0 Å². The van der Waals surface area contributed by atoms with Crippen LogP contribution in [0.3, 0.4) is 0 Å². The lowest BCUT2D eigenvalue weighted by Crippen LogP contribution is -2.49. The summed E-state index contributed by atoms with van der Waals surface area (Å²) in [5.41, 5.74) is 1.76. The van der Waals surface area contributed by atoms with Gasteiger partial charge in [0.1, 0.15) is 18.5 Å². The fourth-order valence-corrected chi connectivity index (χ4v) is 3.39. The fraction of sp³-hybridized carbons (Fsp3) is 0.750. The molecule has 0 spiro atoms. The van der Waals surface area contributed by atoms with Crippen molar-refractivity contribution < 1.29 is 18.7 Å². The average molecular weight is 381 g/mol. The Morgan fingerprint density at radius 2 is 2.04 bits per heavy atom. The molecule has 0 aromatic rings. The van der Waals surface area contributed by atoms with Crippen molar-refractivity contribution in [1.29, 1.82) is 0 Å². The Morgan fingerprint density at radius 1 is 1.37 bits per heavy atom. The molecule has 0 radical (unpaired) electrons. The van der Waals surface area contributed by atoms with Gasteiger partial charge in [-0.3, -0.25) is 14.7 Å². The third-order valence-corrected chi connectivity index (χ3v) is 5.07. The van der Waals surface area contributed by atoms with Crippen LogP contribution in [-0.2, 0) is 14.3 Å². The quantitative estimate of drug-likeness (QED) is 0.181. The fourth-order valence-electron chi connectivity index (χ4n) is 3.39. The number of aldehydes is 1. The molecule has 27 heavy (non-hydrogen) atoms. The molecule has 0 N–H and O–H groups in total. The Morgan fingerprint density at radius 3 is 2.52 bits per heavy atom. The van der Waals surface area contributed by atoms with Crippen LogP contribution in [0.2, 0.25) is 0 Å². The van der Waals surface area contributed by atoms with Crippen molar-refractivity contribution in [3.8, 4) is 0 Å². The molecule has 152 valence electrons. The minimum atomic E-state index is -0.740. The molecular weight excluding hydrogens is 349 g/mol. The molecule has 1 saturated heterocycles. The molecule has 1 saturated carbocycles. The summed E-state index contributed by atoms with van der Waals surface area (Å²) in [5, 5.41) is 6.39. The van der Waals surface area contributed by atoms with Crippen LogP contribution >= 0.6 is 0 Å². The lowest BCUT2D eigenvalue weighted by Gasteiger charge is -2.34. The number of carbonyl (C=O) groups excluding carboxylic acids is 2. The van der Waals surface area contributed by atoms with Gasteiger partial charge in [-0.15, -0.1) is 0 Å². The Balaban J connectivity index is 2.18. The number of ether oxygens (including phenoxy) is 1. The molecule has 7 heteroatoms. The summed E-state index contributed by atoms with van der Waals surface area (Å²) in [5.74, 6) is 0.352. The number of likely N-dealkylation sites (tertiary alicyclic amines) is 1. The first-order valence-corrected chi connectivity index (χ1v) is 9.76. The second-order valence-electron chi connectivity index (χ2n) is 7.93. The molecule has 2 rings (SSSR count). The molecule has 1 aliphatic heterocycles. The van der Waals surface area contributed by atoms with Gasteiger partial charge in [0.05, 0.1) is 12.8 Å². The van der Waals surface area contributed by atoms with Gasteiger partial charge in [-0.2, -0.15) is 5.10 Å². The van der Waals surface area contributed by atoms with Crippen molar-refractivity contribution in [3.05, 3.63) is 11.6 Å². The number of carbonyl (C=O) groups is 2. The van der Waals surface area contributed by atoms with Crippen molar-refractivity contribution in [1.82, 2.24) is 9.91 Å². The average Bonchev–Trinajstić information content (AvgIpc) is 3.43. The van der Waals surface area contributed by atoms with Crippen molar-refractivity contribution in [2.45, 2.75) is 51.7 Å². The number of hydrogen-bond donors (Lipinski definition) is 0. The van der Waals surface area contributed by atoms with Crippen LogP contribution in [-0.4, -0.2) is 73.9 Å². The van der Waals surface area contributed by atoms with Gasteiger partial charge in [-0.05, 0) is 42.7 Å². The summed E-state index contributed by atoms with van der Waals surface area (Å²) in [6.45, 7) is 5.71. The molecule has 1 heterocycles. The summed E-state index contributed by atoms with van der Waals surface area (Å²) in [7, 11) is 3.16. The van der Waals surface area contributed by atoms with Gasteiger partial charge in [0.2, 0.25) is 0 Å². The number of rotatable bonds is 11. The Bertz CT molecular complexity index is 581. The van der Waals surface area contributed by atoms with Crippen LogP contribution < -0.4 is 0 Å². The van der Waals surface area contributed by atoms with Crippen LogP contribution in [0, 0.1) is 11.8 Å². The van der Waals surface area contributed by atoms with Gasteiger partial charge in [0.25, 0.3) is 0 Å². The van der Waals surface area contributed by atoms with E-state index in [2.05, 4.69) is 0 Å². The number of likely N-dealkylation sites (N-methyl/N-ethyl adjacent to an activating group) is 1. The first-order valence-electron chi connectivity index (χ1n) is 9.76. The van der Waals surface area contributed by atoms with Crippen molar-refractivity contribution >= 4 is 18.0 Å². The van der Waals surface area contributed by atoms with E-state index < -0.39 is 12.2 Å². The van der Waals surface area contributed by atoms with E-state index in [4.69, 9.17) is 9.84 Å². The van der Waals surface area contributed by atoms with Gasteiger partial charge >= 0.3 is 5.97 Å². The lowest BCUT2D eigenvalue weighted by atomic mass is 10.0. The highest BCUT2D eigenvalue weighted by molar-refractivity contribution is 6.03. The maximum Gasteiger partial charge on any atom is 0.330 e. The Kier molecular flexibility index (Phi) is 7.95. The van der Waals surface area contributed by atoms with Crippen molar-refractivity contribution in [2.24, 2.45) is 16.9 Å². The summed E-state index contributed by atoms with van der Waals surface area (Å²) in [6, 6.07) is -0.471. The molecule has 0 aromatic carbocycles. The predicted octanol–water partition coefficient (Wildman–Crippen LogP) is 2.44. The van der Waals surface area contributed by atoms with Gasteiger partial charge in [0, 0.05) is 33.1 Å². The van der Waals surface area contributed by atoms with E-state index >= 15 is 0 Å². The monoisotopic (exact) mass is 381 g/mol. The smallest absolute Gasteiger partial charge is 0.330 e. The zero-order valence-electron chi connectivity index (χ0n) is 16.9. The van der Waals surface area contributed by atoms with E-state index in [0.717, 1.165) is 30.4 Å². The van der Waals surface area contributed by atoms with Gasteiger partial charge in [-0.1, -0.05) is 13.8 Å². The molecule has 2 aliphatic rings. The number of allylic oxidation sites excluding steroid dienone is 2.